The fourth-order valence-electron chi connectivity index (χ4n) is 1.41. The maximum Gasteiger partial charge on any atom is 0.174 e. The standard InChI is InChI=1S/C12H19NO3/c1-13(9-12(15-3)16-4)10-5-7-11(14-2)8-6-10/h5-8,12H,9H2,1-4H3. The van der Waals surface area contributed by atoms with Gasteiger partial charge in [-0.3, -0.25) is 0 Å². The van der Waals surface area contributed by atoms with Gasteiger partial charge in [0, 0.05) is 27.0 Å². The second-order valence-electron chi connectivity index (χ2n) is 3.48. The van der Waals surface area contributed by atoms with Crippen LogP contribution in [0.3, 0.4) is 0 Å². The van der Waals surface area contributed by atoms with Gasteiger partial charge in [-0.05, 0) is 24.3 Å². The number of ether oxygens (including phenoxy) is 3. The van der Waals surface area contributed by atoms with E-state index in [1.165, 1.54) is 0 Å². The molecule has 0 aliphatic carbocycles. The topological polar surface area (TPSA) is 30.9 Å². The van der Waals surface area contributed by atoms with Gasteiger partial charge in [0.2, 0.25) is 0 Å². The van der Waals surface area contributed by atoms with Crippen molar-refractivity contribution in [2.75, 3.05) is 39.8 Å². The van der Waals surface area contributed by atoms with Crippen molar-refractivity contribution in [1.82, 2.24) is 0 Å². The SMILES string of the molecule is COc1ccc(N(C)CC(OC)OC)cc1. The minimum atomic E-state index is -0.216. The van der Waals surface area contributed by atoms with Crippen molar-refractivity contribution < 1.29 is 14.2 Å². The predicted molar refractivity (Wildman–Crippen MR) is 64.1 cm³/mol. The van der Waals surface area contributed by atoms with Crippen molar-refractivity contribution in [3.05, 3.63) is 24.3 Å². The van der Waals surface area contributed by atoms with E-state index in [0.717, 1.165) is 11.4 Å². The van der Waals surface area contributed by atoms with Crippen LogP contribution in [0.15, 0.2) is 24.3 Å². The second-order valence-corrected chi connectivity index (χ2v) is 3.48. The molecule has 16 heavy (non-hydrogen) atoms. The molecule has 1 rings (SSSR count). The summed E-state index contributed by atoms with van der Waals surface area (Å²) in [6.45, 7) is 0.680. The highest BCUT2D eigenvalue weighted by molar-refractivity contribution is 5.48. The van der Waals surface area contributed by atoms with Crippen molar-refractivity contribution in [3.8, 4) is 5.75 Å². The Morgan fingerprint density at radius 3 is 2.06 bits per heavy atom. The first kappa shape index (κ1) is 12.8. The first-order valence-electron chi connectivity index (χ1n) is 5.12. The lowest BCUT2D eigenvalue weighted by Gasteiger charge is -2.24. The van der Waals surface area contributed by atoms with Crippen LogP contribution in [0.4, 0.5) is 5.69 Å². The van der Waals surface area contributed by atoms with E-state index < -0.39 is 0 Å². The van der Waals surface area contributed by atoms with Gasteiger partial charge in [-0.15, -0.1) is 0 Å². The molecule has 1 aromatic rings. The zero-order valence-electron chi connectivity index (χ0n) is 10.3. The number of benzene rings is 1. The zero-order valence-corrected chi connectivity index (χ0v) is 10.3. The molecule has 0 heterocycles. The van der Waals surface area contributed by atoms with Gasteiger partial charge in [0.15, 0.2) is 6.29 Å². The highest BCUT2D eigenvalue weighted by Gasteiger charge is 2.09. The lowest BCUT2D eigenvalue weighted by molar-refractivity contribution is -0.0944. The highest BCUT2D eigenvalue weighted by atomic mass is 16.7. The molecule has 0 fully saturated rings. The van der Waals surface area contributed by atoms with E-state index >= 15 is 0 Å². The third-order valence-corrected chi connectivity index (χ3v) is 2.46. The van der Waals surface area contributed by atoms with Gasteiger partial charge in [-0.1, -0.05) is 0 Å². The van der Waals surface area contributed by atoms with Crippen LogP contribution in [0.25, 0.3) is 0 Å². The fourth-order valence-corrected chi connectivity index (χ4v) is 1.41. The third kappa shape index (κ3) is 3.40. The molecule has 0 saturated carbocycles. The van der Waals surface area contributed by atoms with E-state index in [1.807, 2.05) is 31.3 Å². The Morgan fingerprint density at radius 1 is 1.06 bits per heavy atom. The normalized spacial score (nSPS) is 10.6. The lowest BCUT2D eigenvalue weighted by Crippen LogP contribution is -2.31. The molecule has 4 nitrogen and oxygen atoms in total. The summed E-state index contributed by atoms with van der Waals surface area (Å²) in [5.74, 6) is 0.854. The number of nitrogens with zero attached hydrogens (tertiary/aromatic N) is 1. The molecule has 90 valence electrons. The minimum absolute atomic E-state index is 0.216. The summed E-state index contributed by atoms with van der Waals surface area (Å²) in [6, 6.07) is 7.86. The van der Waals surface area contributed by atoms with Gasteiger partial charge in [0.25, 0.3) is 0 Å². The number of hydrogen-bond donors (Lipinski definition) is 0. The molecule has 0 N–H and O–H groups in total. The predicted octanol–water partition coefficient (Wildman–Crippen LogP) is 1.75. The zero-order chi connectivity index (χ0) is 12.0. The molecule has 4 heteroatoms. The summed E-state index contributed by atoms with van der Waals surface area (Å²) in [6.07, 6.45) is -0.216. The van der Waals surface area contributed by atoms with Crippen LogP contribution in [-0.4, -0.2) is 41.2 Å². The largest absolute Gasteiger partial charge is 0.497 e. The molecule has 0 saturated heterocycles. The average Bonchev–Trinajstić information content (AvgIpc) is 2.35. The number of anilines is 1. The number of methoxy groups -OCH3 is 3. The van der Waals surface area contributed by atoms with Gasteiger partial charge < -0.3 is 19.1 Å². The van der Waals surface area contributed by atoms with Crippen molar-refractivity contribution in [3.63, 3.8) is 0 Å². The van der Waals surface area contributed by atoms with Crippen LogP contribution >= 0.6 is 0 Å². The molecular weight excluding hydrogens is 206 g/mol. The monoisotopic (exact) mass is 225 g/mol. The second kappa shape index (κ2) is 6.35. The van der Waals surface area contributed by atoms with Gasteiger partial charge in [-0.2, -0.15) is 0 Å². The Morgan fingerprint density at radius 2 is 1.62 bits per heavy atom. The van der Waals surface area contributed by atoms with Crippen molar-refractivity contribution in [2.45, 2.75) is 6.29 Å². The molecular formula is C12H19NO3. The highest BCUT2D eigenvalue weighted by Crippen LogP contribution is 2.18. The number of likely N-dealkylation sites (N-methyl/N-ethyl adjacent to an activating group) is 1. The summed E-state index contributed by atoms with van der Waals surface area (Å²) in [4.78, 5) is 2.07. The molecule has 0 aliphatic heterocycles. The van der Waals surface area contributed by atoms with Crippen molar-refractivity contribution in [1.29, 1.82) is 0 Å². The molecule has 0 aliphatic rings. The quantitative estimate of drug-likeness (QED) is 0.690. The molecule has 0 radical (unpaired) electrons. The first-order chi connectivity index (χ1) is 7.71. The van der Waals surface area contributed by atoms with Crippen molar-refractivity contribution in [2.24, 2.45) is 0 Å². The first-order valence-corrected chi connectivity index (χ1v) is 5.12. The maximum absolute atomic E-state index is 5.15. The lowest BCUT2D eigenvalue weighted by atomic mass is 10.3. The maximum atomic E-state index is 5.15. The molecule has 0 spiro atoms. The molecule has 1 aromatic carbocycles. The van der Waals surface area contributed by atoms with Crippen molar-refractivity contribution >= 4 is 5.69 Å². The summed E-state index contributed by atoms with van der Waals surface area (Å²) >= 11 is 0. The van der Waals surface area contributed by atoms with Gasteiger partial charge in [0.05, 0.1) is 13.7 Å². The van der Waals surface area contributed by atoms with Crippen LogP contribution < -0.4 is 9.64 Å². The van der Waals surface area contributed by atoms with E-state index in [0.29, 0.717) is 6.54 Å². The Hall–Kier alpha value is -1.26. The van der Waals surface area contributed by atoms with Gasteiger partial charge in [0.1, 0.15) is 5.75 Å². The molecule has 0 amide bonds. The summed E-state index contributed by atoms with van der Waals surface area (Å²) in [5, 5.41) is 0. The van der Waals surface area contributed by atoms with E-state index in [4.69, 9.17) is 14.2 Å². The van der Waals surface area contributed by atoms with Gasteiger partial charge >= 0.3 is 0 Å². The summed E-state index contributed by atoms with van der Waals surface area (Å²) in [7, 11) is 6.92. The average molecular weight is 225 g/mol. The Labute approximate surface area is 96.7 Å². The number of hydrogen-bond acceptors (Lipinski definition) is 4. The fraction of sp³-hybridized carbons (Fsp3) is 0.500. The number of rotatable bonds is 6. The Bertz CT molecular complexity index is 296. The van der Waals surface area contributed by atoms with E-state index in [1.54, 1.807) is 21.3 Å². The van der Waals surface area contributed by atoms with Gasteiger partial charge in [-0.25, -0.2) is 0 Å². The minimum Gasteiger partial charge on any atom is -0.497 e. The van der Waals surface area contributed by atoms with E-state index in [2.05, 4.69) is 4.90 Å². The third-order valence-electron chi connectivity index (χ3n) is 2.46. The van der Waals surface area contributed by atoms with Crippen LogP contribution in [0.1, 0.15) is 0 Å². The summed E-state index contributed by atoms with van der Waals surface area (Å²) in [5.41, 5.74) is 1.10. The van der Waals surface area contributed by atoms with Crippen LogP contribution in [-0.2, 0) is 9.47 Å². The van der Waals surface area contributed by atoms with E-state index in [-0.39, 0.29) is 6.29 Å². The molecule has 0 atom stereocenters. The van der Waals surface area contributed by atoms with Crippen LogP contribution in [0.2, 0.25) is 0 Å². The molecule has 0 aromatic heterocycles. The Balaban J connectivity index is 2.61. The van der Waals surface area contributed by atoms with Crippen LogP contribution in [0, 0.1) is 0 Å². The van der Waals surface area contributed by atoms with E-state index in [9.17, 15) is 0 Å². The molecule has 0 unspecified atom stereocenters. The Kier molecular flexibility index (Phi) is 5.08. The van der Waals surface area contributed by atoms with Crippen LogP contribution in [0.5, 0.6) is 5.75 Å². The molecule has 0 bridgehead atoms. The summed E-state index contributed by atoms with van der Waals surface area (Å²) < 4.78 is 15.4. The smallest absolute Gasteiger partial charge is 0.174 e.